The molecule has 6 heteroatoms. The molecule has 1 aromatic carbocycles. The maximum Gasteiger partial charge on any atom is 0.317 e. The molecule has 0 aliphatic heterocycles. The topological polar surface area (TPSA) is 87.0 Å². The first-order valence-electron chi connectivity index (χ1n) is 6.19. The predicted molar refractivity (Wildman–Crippen MR) is 73.4 cm³/mol. The molecule has 0 radical (unpaired) electrons. The number of aromatic nitrogens is 2. The van der Waals surface area contributed by atoms with Crippen molar-refractivity contribution in [2.24, 2.45) is 0 Å². The number of aryl methyl sites for hydroxylation is 2. The molecule has 2 N–H and O–H groups in total. The quantitative estimate of drug-likeness (QED) is 0.519. The summed E-state index contributed by atoms with van der Waals surface area (Å²) >= 11 is 0. The van der Waals surface area contributed by atoms with Crippen LogP contribution in [-0.4, -0.2) is 14.7 Å². The third-order valence-corrected chi connectivity index (χ3v) is 3.01. The van der Waals surface area contributed by atoms with Gasteiger partial charge in [-0.05, 0) is 31.0 Å². The van der Waals surface area contributed by atoms with Crippen LogP contribution in [0.5, 0.6) is 0 Å². The van der Waals surface area contributed by atoms with Crippen molar-refractivity contribution in [3.05, 3.63) is 45.8 Å². The van der Waals surface area contributed by atoms with Crippen LogP contribution in [0.2, 0.25) is 0 Å². The average molecular weight is 260 g/mol. The molecule has 0 fully saturated rings. The summed E-state index contributed by atoms with van der Waals surface area (Å²) in [6.07, 6.45) is 1.54. The van der Waals surface area contributed by atoms with Gasteiger partial charge in [-0.15, -0.1) is 0 Å². The number of rotatable bonds is 4. The first kappa shape index (κ1) is 13.1. The number of hydrogen-bond acceptors (Lipinski definition) is 4. The lowest BCUT2D eigenvalue weighted by atomic mass is 10.2. The molecule has 2 rings (SSSR count). The standard InChI is InChI=1S/C13H16N4O2/c1-3-9-8-10(4-2)16(15-9)12-7-5-6-11(14)13(12)17(18)19/h5-8H,3-4,14H2,1-2H3. The molecule has 6 nitrogen and oxygen atoms in total. The van der Waals surface area contributed by atoms with E-state index in [1.165, 1.54) is 6.07 Å². The van der Waals surface area contributed by atoms with Gasteiger partial charge in [0.25, 0.3) is 0 Å². The highest BCUT2D eigenvalue weighted by atomic mass is 16.6. The smallest absolute Gasteiger partial charge is 0.317 e. The van der Waals surface area contributed by atoms with Crippen molar-refractivity contribution >= 4 is 11.4 Å². The number of benzene rings is 1. The summed E-state index contributed by atoms with van der Waals surface area (Å²) in [5, 5.41) is 15.6. The van der Waals surface area contributed by atoms with Crippen molar-refractivity contribution in [3.8, 4) is 5.69 Å². The van der Waals surface area contributed by atoms with Gasteiger partial charge in [-0.3, -0.25) is 10.1 Å². The Kier molecular flexibility index (Phi) is 3.50. The van der Waals surface area contributed by atoms with E-state index in [1.54, 1.807) is 16.8 Å². The zero-order chi connectivity index (χ0) is 14.0. The van der Waals surface area contributed by atoms with Gasteiger partial charge in [-0.25, -0.2) is 4.68 Å². The highest BCUT2D eigenvalue weighted by Gasteiger charge is 2.21. The molecular weight excluding hydrogens is 244 g/mol. The molecule has 0 amide bonds. The van der Waals surface area contributed by atoms with E-state index in [-0.39, 0.29) is 11.4 Å². The molecular formula is C13H16N4O2. The van der Waals surface area contributed by atoms with Crippen molar-refractivity contribution in [1.29, 1.82) is 0 Å². The fourth-order valence-electron chi connectivity index (χ4n) is 2.03. The van der Waals surface area contributed by atoms with Gasteiger partial charge in [0.2, 0.25) is 0 Å². The number of nitro benzene ring substituents is 1. The third kappa shape index (κ3) is 2.29. The Labute approximate surface area is 111 Å². The second kappa shape index (κ2) is 5.09. The van der Waals surface area contributed by atoms with Crippen molar-refractivity contribution in [3.63, 3.8) is 0 Å². The fourth-order valence-corrected chi connectivity index (χ4v) is 2.03. The van der Waals surface area contributed by atoms with E-state index < -0.39 is 4.92 Å². The van der Waals surface area contributed by atoms with Crippen molar-refractivity contribution in [2.75, 3.05) is 5.73 Å². The molecule has 0 atom stereocenters. The van der Waals surface area contributed by atoms with E-state index in [0.29, 0.717) is 5.69 Å². The van der Waals surface area contributed by atoms with Crippen molar-refractivity contribution in [1.82, 2.24) is 9.78 Å². The molecule has 0 aliphatic carbocycles. The highest BCUT2D eigenvalue weighted by molar-refractivity contribution is 5.68. The van der Waals surface area contributed by atoms with E-state index in [0.717, 1.165) is 24.2 Å². The van der Waals surface area contributed by atoms with Crippen molar-refractivity contribution in [2.45, 2.75) is 26.7 Å². The summed E-state index contributed by atoms with van der Waals surface area (Å²) < 4.78 is 1.62. The lowest BCUT2D eigenvalue weighted by Gasteiger charge is -2.08. The van der Waals surface area contributed by atoms with E-state index in [9.17, 15) is 10.1 Å². The van der Waals surface area contributed by atoms with Gasteiger partial charge >= 0.3 is 5.69 Å². The van der Waals surface area contributed by atoms with E-state index in [4.69, 9.17) is 5.73 Å². The minimum absolute atomic E-state index is 0.0945. The van der Waals surface area contributed by atoms with Gasteiger partial charge in [0.15, 0.2) is 0 Å². The lowest BCUT2D eigenvalue weighted by Crippen LogP contribution is -2.07. The second-order valence-electron chi connectivity index (χ2n) is 4.22. The van der Waals surface area contributed by atoms with Crippen LogP contribution in [0.3, 0.4) is 0 Å². The number of para-hydroxylation sites is 1. The van der Waals surface area contributed by atoms with Gasteiger partial charge in [0.1, 0.15) is 11.4 Å². The predicted octanol–water partition coefficient (Wildman–Crippen LogP) is 2.49. The second-order valence-corrected chi connectivity index (χ2v) is 4.22. The summed E-state index contributed by atoms with van der Waals surface area (Å²) in [4.78, 5) is 10.7. The van der Waals surface area contributed by atoms with Crippen molar-refractivity contribution < 1.29 is 4.92 Å². The summed E-state index contributed by atoms with van der Waals surface area (Å²) in [5.41, 5.74) is 8.03. The average Bonchev–Trinajstić information content (AvgIpc) is 2.81. The Morgan fingerprint density at radius 3 is 2.68 bits per heavy atom. The maximum atomic E-state index is 11.2. The van der Waals surface area contributed by atoms with Crippen LogP contribution < -0.4 is 5.73 Å². The van der Waals surface area contributed by atoms with Crippen LogP contribution in [0, 0.1) is 10.1 Å². The Bertz CT molecular complexity index is 619. The lowest BCUT2D eigenvalue weighted by molar-refractivity contribution is -0.383. The summed E-state index contributed by atoms with van der Waals surface area (Å²) in [6.45, 7) is 3.99. The van der Waals surface area contributed by atoms with E-state index in [1.807, 2.05) is 19.9 Å². The Balaban J connectivity index is 2.68. The molecule has 0 bridgehead atoms. The summed E-state index contributed by atoms with van der Waals surface area (Å²) in [5.74, 6) is 0. The molecule has 0 saturated carbocycles. The van der Waals surface area contributed by atoms with Crippen LogP contribution in [0.25, 0.3) is 5.69 Å². The number of nitro groups is 1. The van der Waals surface area contributed by atoms with Crippen LogP contribution in [0.1, 0.15) is 25.2 Å². The Morgan fingerprint density at radius 2 is 2.11 bits per heavy atom. The molecule has 0 aliphatic rings. The number of nitrogen functional groups attached to an aromatic ring is 1. The first-order chi connectivity index (χ1) is 9.08. The van der Waals surface area contributed by atoms with E-state index in [2.05, 4.69) is 5.10 Å². The monoisotopic (exact) mass is 260 g/mol. The molecule has 0 unspecified atom stereocenters. The number of hydrogen-bond donors (Lipinski definition) is 1. The van der Waals surface area contributed by atoms with E-state index >= 15 is 0 Å². The van der Waals surface area contributed by atoms with Crippen LogP contribution >= 0.6 is 0 Å². The summed E-state index contributed by atoms with van der Waals surface area (Å²) in [7, 11) is 0. The normalized spacial score (nSPS) is 10.6. The number of nitrogens with zero attached hydrogens (tertiary/aromatic N) is 3. The zero-order valence-corrected chi connectivity index (χ0v) is 11.0. The highest BCUT2D eigenvalue weighted by Crippen LogP contribution is 2.30. The van der Waals surface area contributed by atoms with Crippen LogP contribution in [-0.2, 0) is 12.8 Å². The third-order valence-electron chi connectivity index (χ3n) is 3.01. The Hall–Kier alpha value is -2.37. The molecule has 1 aromatic heterocycles. The number of nitrogens with two attached hydrogens (primary N) is 1. The molecule has 19 heavy (non-hydrogen) atoms. The first-order valence-corrected chi connectivity index (χ1v) is 6.19. The van der Waals surface area contributed by atoms with Gasteiger partial charge in [-0.1, -0.05) is 19.9 Å². The van der Waals surface area contributed by atoms with Gasteiger partial charge in [-0.2, -0.15) is 5.10 Å². The van der Waals surface area contributed by atoms with Crippen LogP contribution in [0.4, 0.5) is 11.4 Å². The molecule has 0 spiro atoms. The van der Waals surface area contributed by atoms with Crippen LogP contribution in [0.15, 0.2) is 24.3 Å². The number of anilines is 1. The van der Waals surface area contributed by atoms with Gasteiger partial charge in [0, 0.05) is 5.69 Å². The largest absolute Gasteiger partial charge is 0.393 e. The SMILES string of the molecule is CCc1cc(CC)n(-c2cccc(N)c2[N+](=O)[O-])n1. The molecule has 1 heterocycles. The maximum absolute atomic E-state index is 11.2. The minimum atomic E-state index is -0.461. The zero-order valence-electron chi connectivity index (χ0n) is 11.0. The molecule has 2 aromatic rings. The minimum Gasteiger partial charge on any atom is -0.393 e. The fraction of sp³-hybridized carbons (Fsp3) is 0.308. The van der Waals surface area contributed by atoms with Gasteiger partial charge < -0.3 is 5.73 Å². The molecule has 0 saturated heterocycles. The van der Waals surface area contributed by atoms with Gasteiger partial charge in [0.05, 0.1) is 10.6 Å². The summed E-state index contributed by atoms with van der Waals surface area (Å²) in [6, 6.07) is 6.86. The Morgan fingerprint density at radius 1 is 1.37 bits per heavy atom. The molecule has 100 valence electrons.